The van der Waals surface area contributed by atoms with Crippen LogP contribution in [0.1, 0.15) is 51.4 Å². The Morgan fingerprint density at radius 3 is 1.94 bits per heavy atom. The Kier molecular flexibility index (Phi) is 10.1. The summed E-state index contributed by atoms with van der Waals surface area (Å²) in [5, 5.41) is 36.1. The largest absolute Gasteiger partial charge is 0.481 e. The lowest BCUT2D eigenvalue weighted by atomic mass is 10.0. The van der Waals surface area contributed by atoms with Crippen molar-refractivity contribution in [2.75, 3.05) is 6.61 Å². The molecule has 0 bridgehead atoms. The minimum Gasteiger partial charge on any atom is -0.481 e. The van der Waals surface area contributed by atoms with Crippen LogP contribution in [0.25, 0.3) is 0 Å². The Bertz CT molecular complexity index is 195. The van der Waals surface area contributed by atoms with E-state index in [1.165, 1.54) is 0 Å². The minimum absolute atomic E-state index is 0.0281. The zero-order valence-electron chi connectivity index (χ0n) is 10.2. The van der Waals surface area contributed by atoms with Gasteiger partial charge >= 0.3 is 5.97 Å². The van der Waals surface area contributed by atoms with Gasteiger partial charge in [-0.25, -0.2) is 0 Å². The first-order valence-corrected chi connectivity index (χ1v) is 6.26. The molecule has 0 aromatic rings. The second-order valence-corrected chi connectivity index (χ2v) is 4.35. The number of hydrogen-bond donors (Lipinski definition) is 4. The molecule has 0 aromatic heterocycles. The molecular weight excluding hydrogens is 224 g/mol. The lowest BCUT2D eigenvalue weighted by Crippen LogP contribution is -2.25. The molecule has 0 aliphatic carbocycles. The van der Waals surface area contributed by atoms with Gasteiger partial charge in [0.2, 0.25) is 0 Å². The van der Waals surface area contributed by atoms with Gasteiger partial charge in [0.05, 0.1) is 12.2 Å². The first-order chi connectivity index (χ1) is 8.07. The van der Waals surface area contributed by atoms with Crippen LogP contribution in [0.2, 0.25) is 0 Å². The van der Waals surface area contributed by atoms with Gasteiger partial charge in [0.15, 0.2) is 0 Å². The summed E-state index contributed by atoms with van der Waals surface area (Å²) in [6.45, 7) is 0.195. The molecule has 0 aromatic carbocycles. The van der Waals surface area contributed by atoms with Crippen molar-refractivity contribution in [2.45, 2.75) is 63.6 Å². The average Bonchev–Trinajstić information content (AvgIpc) is 2.27. The van der Waals surface area contributed by atoms with E-state index in [4.69, 9.17) is 10.2 Å². The van der Waals surface area contributed by atoms with Crippen LogP contribution in [-0.2, 0) is 4.79 Å². The lowest BCUT2D eigenvalue weighted by Gasteiger charge is -2.17. The molecule has 0 rings (SSSR count). The molecule has 5 heteroatoms. The maximum absolute atomic E-state index is 10.3. The van der Waals surface area contributed by atoms with Gasteiger partial charge in [-0.15, -0.1) is 0 Å². The first-order valence-electron chi connectivity index (χ1n) is 6.26. The van der Waals surface area contributed by atoms with Crippen LogP contribution in [0.3, 0.4) is 0 Å². The molecule has 0 spiro atoms. The monoisotopic (exact) mass is 248 g/mol. The van der Waals surface area contributed by atoms with Crippen LogP contribution < -0.4 is 0 Å². The van der Waals surface area contributed by atoms with Gasteiger partial charge in [0.25, 0.3) is 0 Å². The van der Waals surface area contributed by atoms with E-state index in [1.807, 2.05) is 0 Å². The highest BCUT2D eigenvalue weighted by atomic mass is 16.4. The molecule has 0 aliphatic heterocycles. The summed E-state index contributed by atoms with van der Waals surface area (Å²) in [5.74, 6) is -0.879. The standard InChI is InChI=1S/C12H24O5/c13-9-4-2-1-3-6-10(14)11(15)7-5-8-12(16)17/h10-11,13-15H,1-9H2,(H,16,17). The Balaban J connectivity index is 3.46. The molecule has 2 atom stereocenters. The van der Waals surface area contributed by atoms with E-state index in [0.29, 0.717) is 19.3 Å². The summed E-state index contributed by atoms with van der Waals surface area (Å²) < 4.78 is 0. The van der Waals surface area contributed by atoms with Crippen LogP contribution in [0, 0.1) is 0 Å². The Morgan fingerprint density at radius 2 is 1.41 bits per heavy atom. The third-order valence-electron chi connectivity index (χ3n) is 2.74. The van der Waals surface area contributed by atoms with Gasteiger partial charge in [-0.05, 0) is 25.7 Å². The molecule has 4 N–H and O–H groups in total. The van der Waals surface area contributed by atoms with E-state index in [2.05, 4.69) is 0 Å². The number of carboxylic acid groups (broad SMARTS) is 1. The molecular formula is C12H24O5. The highest BCUT2D eigenvalue weighted by Crippen LogP contribution is 2.12. The molecule has 0 fully saturated rings. The van der Waals surface area contributed by atoms with Crippen molar-refractivity contribution in [3.63, 3.8) is 0 Å². The highest BCUT2D eigenvalue weighted by molar-refractivity contribution is 5.66. The Labute approximate surface area is 102 Å². The van der Waals surface area contributed by atoms with E-state index in [1.54, 1.807) is 0 Å². The van der Waals surface area contributed by atoms with E-state index < -0.39 is 18.2 Å². The molecule has 0 amide bonds. The normalized spacial score (nSPS) is 14.5. The van der Waals surface area contributed by atoms with Gasteiger partial charge in [0, 0.05) is 13.0 Å². The molecule has 2 unspecified atom stereocenters. The van der Waals surface area contributed by atoms with Crippen LogP contribution in [0.4, 0.5) is 0 Å². The Hall–Kier alpha value is -0.650. The second-order valence-electron chi connectivity index (χ2n) is 4.35. The summed E-state index contributed by atoms with van der Waals surface area (Å²) >= 11 is 0. The summed E-state index contributed by atoms with van der Waals surface area (Å²) in [5.41, 5.74) is 0. The summed E-state index contributed by atoms with van der Waals surface area (Å²) in [6, 6.07) is 0. The molecule has 0 saturated heterocycles. The van der Waals surface area contributed by atoms with Gasteiger partial charge in [-0.2, -0.15) is 0 Å². The zero-order valence-corrected chi connectivity index (χ0v) is 10.2. The number of aliphatic hydroxyl groups excluding tert-OH is 3. The van der Waals surface area contributed by atoms with Gasteiger partial charge in [0.1, 0.15) is 0 Å². The third-order valence-corrected chi connectivity index (χ3v) is 2.74. The van der Waals surface area contributed by atoms with E-state index in [9.17, 15) is 15.0 Å². The number of aliphatic carboxylic acids is 1. The molecule has 0 aliphatic rings. The fraction of sp³-hybridized carbons (Fsp3) is 0.917. The van der Waals surface area contributed by atoms with E-state index >= 15 is 0 Å². The van der Waals surface area contributed by atoms with Crippen molar-refractivity contribution >= 4 is 5.97 Å². The predicted octanol–water partition coefficient (Wildman–Crippen LogP) is 0.906. The first kappa shape index (κ1) is 16.4. The fourth-order valence-corrected chi connectivity index (χ4v) is 1.67. The third kappa shape index (κ3) is 10.2. The summed E-state index contributed by atoms with van der Waals surface area (Å²) in [6.07, 6.45) is 3.12. The molecule has 0 heterocycles. The number of aliphatic hydroxyl groups is 3. The number of rotatable bonds is 11. The molecule has 0 saturated carbocycles. The average molecular weight is 248 g/mol. The molecule has 102 valence electrons. The Morgan fingerprint density at radius 1 is 0.882 bits per heavy atom. The van der Waals surface area contributed by atoms with Gasteiger partial charge < -0.3 is 20.4 Å². The zero-order chi connectivity index (χ0) is 13.1. The quantitative estimate of drug-likeness (QED) is 0.407. The maximum atomic E-state index is 10.3. The van der Waals surface area contributed by atoms with Gasteiger partial charge in [-0.3, -0.25) is 4.79 Å². The van der Waals surface area contributed by atoms with E-state index in [0.717, 1.165) is 25.7 Å². The summed E-state index contributed by atoms with van der Waals surface area (Å²) in [4.78, 5) is 10.3. The predicted molar refractivity (Wildman–Crippen MR) is 63.7 cm³/mol. The number of carbonyl (C=O) groups is 1. The number of carboxylic acids is 1. The lowest BCUT2D eigenvalue weighted by molar-refractivity contribution is -0.137. The summed E-state index contributed by atoms with van der Waals surface area (Å²) in [7, 11) is 0. The van der Waals surface area contributed by atoms with E-state index in [-0.39, 0.29) is 13.0 Å². The number of unbranched alkanes of at least 4 members (excludes halogenated alkanes) is 3. The van der Waals surface area contributed by atoms with Crippen molar-refractivity contribution in [1.29, 1.82) is 0 Å². The van der Waals surface area contributed by atoms with Crippen LogP contribution in [-0.4, -0.2) is 45.2 Å². The van der Waals surface area contributed by atoms with Crippen LogP contribution in [0.5, 0.6) is 0 Å². The van der Waals surface area contributed by atoms with Crippen molar-refractivity contribution < 1.29 is 25.2 Å². The topological polar surface area (TPSA) is 98.0 Å². The van der Waals surface area contributed by atoms with Crippen LogP contribution >= 0.6 is 0 Å². The second kappa shape index (κ2) is 10.5. The van der Waals surface area contributed by atoms with Gasteiger partial charge in [-0.1, -0.05) is 19.3 Å². The smallest absolute Gasteiger partial charge is 0.303 e. The minimum atomic E-state index is -0.879. The number of hydrogen-bond acceptors (Lipinski definition) is 4. The van der Waals surface area contributed by atoms with Crippen molar-refractivity contribution in [2.24, 2.45) is 0 Å². The van der Waals surface area contributed by atoms with Crippen molar-refractivity contribution in [3.05, 3.63) is 0 Å². The highest BCUT2D eigenvalue weighted by Gasteiger charge is 2.15. The molecule has 5 nitrogen and oxygen atoms in total. The van der Waals surface area contributed by atoms with Crippen molar-refractivity contribution in [1.82, 2.24) is 0 Å². The molecule has 17 heavy (non-hydrogen) atoms. The maximum Gasteiger partial charge on any atom is 0.303 e. The van der Waals surface area contributed by atoms with Crippen LogP contribution in [0.15, 0.2) is 0 Å². The fourth-order valence-electron chi connectivity index (χ4n) is 1.67. The molecule has 0 radical (unpaired) electrons. The SMILES string of the molecule is O=C(O)CCCC(O)C(O)CCCCCCO. The van der Waals surface area contributed by atoms with Crippen molar-refractivity contribution in [3.8, 4) is 0 Å².